The van der Waals surface area contributed by atoms with Crippen LogP contribution in [0.5, 0.6) is 0 Å². The van der Waals surface area contributed by atoms with Crippen LogP contribution in [0.2, 0.25) is 0 Å². The molecule has 2 unspecified atom stereocenters. The first-order valence-electron chi connectivity index (χ1n) is 16.0. The molecule has 0 saturated heterocycles. The number of allylic oxidation sites excluding steroid dienone is 3. The number of hydrogen-bond donors (Lipinski definition) is 3. The number of amides is 1. The molecule has 0 fully saturated rings. The van der Waals surface area contributed by atoms with Crippen molar-refractivity contribution in [3.63, 3.8) is 0 Å². The quantitative estimate of drug-likeness (QED) is 0.0496. The number of carbonyl (C=O) groups is 1. The van der Waals surface area contributed by atoms with E-state index in [0.29, 0.717) is 0 Å². The molecule has 230 valence electrons. The van der Waals surface area contributed by atoms with Crippen LogP contribution in [-0.2, 0) is 14.9 Å². The maximum Gasteiger partial charge on any atom is 0.267 e. The van der Waals surface area contributed by atoms with Crippen molar-refractivity contribution >= 4 is 16.0 Å². The molecule has 0 aliphatic carbocycles. The molecule has 6 nitrogen and oxygen atoms in total. The number of hydrogen-bond acceptors (Lipinski definition) is 4. The normalized spacial score (nSPS) is 13.8. The number of unbranched alkanes of at least 4 members (excludes halogenated alkanes) is 18. The molecule has 0 aromatic heterocycles. The van der Waals surface area contributed by atoms with Crippen LogP contribution in [0.15, 0.2) is 24.3 Å². The van der Waals surface area contributed by atoms with Gasteiger partial charge in [-0.3, -0.25) is 9.35 Å². The van der Waals surface area contributed by atoms with Crippen LogP contribution in [0.4, 0.5) is 0 Å². The molecule has 0 aromatic carbocycles. The Balaban J connectivity index is 4.07. The van der Waals surface area contributed by atoms with Gasteiger partial charge in [0, 0.05) is 6.42 Å². The maximum absolute atomic E-state index is 12.4. The first kappa shape index (κ1) is 37.8. The lowest BCUT2D eigenvalue weighted by Gasteiger charge is -2.21. The van der Waals surface area contributed by atoms with Gasteiger partial charge in [0.25, 0.3) is 10.1 Å². The minimum atomic E-state index is -4.33. The highest BCUT2D eigenvalue weighted by molar-refractivity contribution is 7.85. The summed E-state index contributed by atoms with van der Waals surface area (Å²) in [5.74, 6) is -0.991. The average molecular weight is 572 g/mol. The number of nitrogens with one attached hydrogen (secondary N) is 1. The zero-order valence-electron chi connectivity index (χ0n) is 25.3. The zero-order valence-corrected chi connectivity index (χ0v) is 26.1. The van der Waals surface area contributed by atoms with Crippen molar-refractivity contribution < 1.29 is 22.9 Å². The molecule has 0 spiro atoms. The predicted molar refractivity (Wildman–Crippen MR) is 166 cm³/mol. The summed E-state index contributed by atoms with van der Waals surface area (Å²) in [6.45, 7) is 4.45. The van der Waals surface area contributed by atoms with Crippen molar-refractivity contribution in [3.8, 4) is 0 Å². The maximum atomic E-state index is 12.4. The van der Waals surface area contributed by atoms with E-state index in [1.165, 1.54) is 83.1 Å². The summed E-state index contributed by atoms with van der Waals surface area (Å²) in [5, 5.41) is 13.1. The first-order chi connectivity index (χ1) is 18.8. The third-order valence-electron chi connectivity index (χ3n) is 7.12. The van der Waals surface area contributed by atoms with Gasteiger partial charge in [0.1, 0.15) is 0 Å². The Morgan fingerprint density at radius 1 is 0.667 bits per heavy atom. The minimum absolute atomic E-state index is 0.286. The van der Waals surface area contributed by atoms with Gasteiger partial charge in [-0.25, -0.2) is 0 Å². The third kappa shape index (κ3) is 28.2. The van der Waals surface area contributed by atoms with Crippen molar-refractivity contribution in [2.45, 2.75) is 167 Å². The molecule has 0 aliphatic rings. The second kappa shape index (κ2) is 27.0. The van der Waals surface area contributed by atoms with Crippen LogP contribution in [0.3, 0.4) is 0 Å². The number of aliphatic hydroxyl groups is 1. The van der Waals surface area contributed by atoms with E-state index in [1.54, 1.807) is 0 Å². The molecule has 0 rings (SSSR count). The standard InChI is InChI=1S/C32H61NO5S/c1-3-5-7-9-11-13-15-16-17-18-20-22-24-26-28-32(35)33-30(29-39(36,37)38)31(34)27-25-23-21-19-14-12-10-8-6-4-2/h15-16,25,27,30-31,34H,3-14,17-24,26,28-29H2,1-2H3,(H,33,35)(H,36,37,38)/b16-15-,27-25+. The molecule has 7 heteroatoms. The third-order valence-corrected chi connectivity index (χ3v) is 7.90. The molecular formula is C32H61NO5S. The van der Waals surface area contributed by atoms with E-state index >= 15 is 0 Å². The smallest absolute Gasteiger partial charge is 0.267 e. The van der Waals surface area contributed by atoms with E-state index in [0.717, 1.165) is 57.8 Å². The van der Waals surface area contributed by atoms with Crippen molar-refractivity contribution in [3.05, 3.63) is 24.3 Å². The van der Waals surface area contributed by atoms with Gasteiger partial charge in [0.2, 0.25) is 5.91 Å². The lowest BCUT2D eigenvalue weighted by Crippen LogP contribution is -2.46. The molecule has 0 bridgehead atoms. The van der Waals surface area contributed by atoms with E-state index in [9.17, 15) is 22.9 Å². The SMILES string of the molecule is CCCCCCC/C=C\CCCCCCCC(=O)NC(CS(=O)(=O)O)C(O)/C=C/CCCCCCCCCC. The van der Waals surface area contributed by atoms with E-state index in [1.807, 2.05) is 6.08 Å². The van der Waals surface area contributed by atoms with Crippen LogP contribution < -0.4 is 5.32 Å². The highest BCUT2D eigenvalue weighted by atomic mass is 32.2. The van der Waals surface area contributed by atoms with Crippen molar-refractivity contribution in [2.24, 2.45) is 0 Å². The van der Waals surface area contributed by atoms with Crippen LogP contribution >= 0.6 is 0 Å². The predicted octanol–water partition coefficient (Wildman–Crippen LogP) is 8.45. The average Bonchev–Trinajstić information content (AvgIpc) is 2.88. The summed E-state index contributed by atoms with van der Waals surface area (Å²) in [5.41, 5.74) is 0. The number of aliphatic hydroxyl groups excluding tert-OH is 1. The number of carbonyl (C=O) groups excluding carboxylic acids is 1. The van der Waals surface area contributed by atoms with Crippen LogP contribution in [-0.4, -0.2) is 41.9 Å². The lowest BCUT2D eigenvalue weighted by atomic mass is 10.1. The van der Waals surface area contributed by atoms with Gasteiger partial charge in [-0.05, 0) is 44.9 Å². The van der Waals surface area contributed by atoms with E-state index < -0.39 is 28.0 Å². The number of rotatable bonds is 28. The van der Waals surface area contributed by atoms with Gasteiger partial charge in [-0.15, -0.1) is 0 Å². The zero-order chi connectivity index (χ0) is 29.0. The fourth-order valence-electron chi connectivity index (χ4n) is 4.68. The van der Waals surface area contributed by atoms with Gasteiger partial charge in [-0.2, -0.15) is 8.42 Å². The molecule has 39 heavy (non-hydrogen) atoms. The Bertz CT molecular complexity index is 720. The van der Waals surface area contributed by atoms with Crippen molar-refractivity contribution in [2.75, 3.05) is 5.75 Å². The van der Waals surface area contributed by atoms with Crippen molar-refractivity contribution in [1.29, 1.82) is 0 Å². The molecule has 0 saturated carbocycles. The van der Waals surface area contributed by atoms with Gasteiger partial charge >= 0.3 is 0 Å². The second-order valence-corrected chi connectivity index (χ2v) is 12.6. The highest BCUT2D eigenvalue weighted by Crippen LogP contribution is 2.12. The van der Waals surface area contributed by atoms with E-state index in [2.05, 4.69) is 31.3 Å². The fourth-order valence-corrected chi connectivity index (χ4v) is 5.41. The Kier molecular flexibility index (Phi) is 26.2. The van der Waals surface area contributed by atoms with E-state index in [-0.39, 0.29) is 12.3 Å². The molecule has 0 aliphatic heterocycles. The largest absolute Gasteiger partial charge is 0.387 e. The van der Waals surface area contributed by atoms with Gasteiger partial charge in [0.15, 0.2) is 0 Å². The monoisotopic (exact) mass is 571 g/mol. The molecule has 1 amide bonds. The summed E-state index contributed by atoms with van der Waals surface area (Å²) >= 11 is 0. The first-order valence-corrected chi connectivity index (χ1v) is 17.6. The Labute approximate surface area is 241 Å². The fraction of sp³-hybridized carbons (Fsp3) is 0.844. The molecular weight excluding hydrogens is 510 g/mol. The molecule has 2 atom stereocenters. The summed E-state index contributed by atoms with van der Waals surface area (Å²) in [6.07, 6.45) is 31.6. The Morgan fingerprint density at radius 3 is 1.54 bits per heavy atom. The summed E-state index contributed by atoms with van der Waals surface area (Å²) in [4.78, 5) is 12.4. The Morgan fingerprint density at radius 2 is 1.08 bits per heavy atom. The summed E-state index contributed by atoms with van der Waals surface area (Å²) < 4.78 is 32.1. The molecule has 3 N–H and O–H groups in total. The topological polar surface area (TPSA) is 104 Å². The molecule has 0 radical (unpaired) electrons. The Hall–Kier alpha value is -1.18. The second-order valence-electron chi connectivity index (χ2n) is 11.1. The van der Waals surface area contributed by atoms with Crippen LogP contribution in [0.1, 0.15) is 155 Å². The van der Waals surface area contributed by atoms with Gasteiger partial charge in [0.05, 0.1) is 17.9 Å². The highest BCUT2D eigenvalue weighted by Gasteiger charge is 2.24. The summed E-state index contributed by atoms with van der Waals surface area (Å²) in [7, 11) is -4.33. The van der Waals surface area contributed by atoms with Gasteiger partial charge in [-0.1, -0.05) is 128 Å². The van der Waals surface area contributed by atoms with Crippen molar-refractivity contribution in [1.82, 2.24) is 5.32 Å². The van der Waals surface area contributed by atoms with E-state index in [4.69, 9.17) is 0 Å². The van der Waals surface area contributed by atoms with Crippen LogP contribution in [0, 0.1) is 0 Å². The minimum Gasteiger partial charge on any atom is -0.387 e. The molecule has 0 heterocycles. The molecule has 0 aromatic rings. The summed E-state index contributed by atoms with van der Waals surface area (Å²) in [6, 6.07) is -1.05. The lowest BCUT2D eigenvalue weighted by molar-refractivity contribution is -0.122. The van der Waals surface area contributed by atoms with Crippen LogP contribution in [0.25, 0.3) is 0 Å². The van der Waals surface area contributed by atoms with Gasteiger partial charge < -0.3 is 10.4 Å².